The molecule has 0 saturated carbocycles. The summed E-state index contributed by atoms with van der Waals surface area (Å²) in [5, 5.41) is 3.26. The van der Waals surface area contributed by atoms with Crippen LogP contribution in [0.25, 0.3) is 0 Å². The fourth-order valence-corrected chi connectivity index (χ4v) is 1.96. The van der Waals surface area contributed by atoms with Crippen LogP contribution in [0.15, 0.2) is 12.1 Å². The molecule has 0 aliphatic carbocycles. The van der Waals surface area contributed by atoms with Crippen molar-refractivity contribution in [3.63, 3.8) is 0 Å². The minimum Gasteiger partial charge on any atom is -0.299 e. The van der Waals surface area contributed by atoms with Crippen LogP contribution in [0.5, 0.6) is 0 Å². The van der Waals surface area contributed by atoms with E-state index >= 15 is 0 Å². The molecule has 0 aliphatic rings. The van der Waals surface area contributed by atoms with Crippen molar-refractivity contribution in [2.45, 2.75) is 46.6 Å². The molecule has 3 heteroatoms. The molecule has 3 nitrogen and oxygen atoms in total. The standard InChI is InChI=1S/C14H25N3/c1-10-6-12(14(3,4)5)7-11(2)13(10)8-16-9-17-15/h6-7,16-17H,8-9,15H2,1-5H3. The Morgan fingerprint density at radius 3 is 2.06 bits per heavy atom. The van der Waals surface area contributed by atoms with Gasteiger partial charge in [0.1, 0.15) is 0 Å². The number of hydrogen-bond donors (Lipinski definition) is 3. The molecule has 0 aliphatic heterocycles. The van der Waals surface area contributed by atoms with Crippen LogP contribution in [0.3, 0.4) is 0 Å². The lowest BCUT2D eigenvalue weighted by Gasteiger charge is -2.22. The van der Waals surface area contributed by atoms with Gasteiger partial charge >= 0.3 is 0 Å². The summed E-state index contributed by atoms with van der Waals surface area (Å²) in [6.45, 7) is 12.6. The fourth-order valence-electron chi connectivity index (χ4n) is 1.96. The van der Waals surface area contributed by atoms with Gasteiger partial charge in [-0.25, -0.2) is 5.43 Å². The van der Waals surface area contributed by atoms with Crippen LogP contribution >= 0.6 is 0 Å². The van der Waals surface area contributed by atoms with Crippen LogP contribution in [0, 0.1) is 13.8 Å². The van der Waals surface area contributed by atoms with Gasteiger partial charge in [0.25, 0.3) is 0 Å². The molecule has 1 aromatic rings. The van der Waals surface area contributed by atoms with E-state index < -0.39 is 0 Å². The zero-order valence-corrected chi connectivity index (χ0v) is 11.6. The Balaban J connectivity index is 2.95. The molecule has 0 heterocycles. The normalized spacial score (nSPS) is 11.9. The molecule has 0 fully saturated rings. The molecular formula is C14H25N3. The van der Waals surface area contributed by atoms with E-state index in [2.05, 4.69) is 57.5 Å². The number of benzene rings is 1. The van der Waals surface area contributed by atoms with Gasteiger partial charge in [0.15, 0.2) is 0 Å². The highest BCUT2D eigenvalue weighted by Crippen LogP contribution is 2.26. The molecule has 17 heavy (non-hydrogen) atoms. The van der Waals surface area contributed by atoms with Gasteiger partial charge in [0.05, 0.1) is 6.67 Å². The molecule has 0 bridgehead atoms. The first-order valence-electron chi connectivity index (χ1n) is 6.11. The van der Waals surface area contributed by atoms with Crippen LogP contribution in [0.1, 0.15) is 43.0 Å². The first kappa shape index (κ1) is 14.2. The summed E-state index contributed by atoms with van der Waals surface area (Å²) in [7, 11) is 0. The smallest absolute Gasteiger partial charge is 0.0590 e. The summed E-state index contributed by atoms with van der Waals surface area (Å²) in [6.07, 6.45) is 0. The number of rotatable bonds is 4. The molecule has 1 aromatic carbocycles. The van der Waals surface area contributed by atoms with Gasteiger partial charge in [-0.1, -0.05) is 32.9 Å². The Hall–Kier alpha value is -0.900. The van der Waals surface area contributed by atoms with Crippen LogP contribution < -0.4 is 16.6 Å². The van der Waals surface area contributed by atoms with Crippen molar-refractivity contribution in [2.75, 3.05) is 6.67 Å². The lowest BCUT2D eigenvalue weighted by molar-refractivity contribution is 0.584. The summed E-state index contributed by atoms with van der Waals surface area (Å²) in [5.74, 6) is 5.24. The van der Waals surface area contributed by atoms with Crippen LogP contribution in [0.4, 0.5) is 0 Å². The maximum absolute atomic E-state index is 5.24. The third kappa shape index (κ3) is 3.80. The van der Waals surface area contributed by atoms with Crippen molar-refractivity contribution in [1.82, 2.24) is 10.7 Å². The molecule has 0 amide bonds. The fraction of sp³-hybridized carbons (Fsp3) is 0.571. The second-order valence-corrected chi connectivity index (χ2v) is 5.65. The van der Waals surface area contributed by atoms with Crippen LogP contribution in [0.2, 0.25) is 0 Å². The Kier molecular flexibility index (Phi) is 4.69. The molecule has 0 atom stereocenters. The third-order valence-corrected chi connectivity index (χ3v) is 3.09. The predicted octanol–water partition coefficient (Wildman–Crippen LogP) is 2.11. The van der Waals surface area contributed by atoms with Gasteiger partial charge in [-0.15, -0.1) is 0 Å². The summed E-state index contributed by atoms with van der Waals surface area (Å²) in [6, 6.07) is 4.58. The van der Waals surface area contributed by atoms with Gasteiger partial charge in [-0.2, -0.15) is 0 Å². The highest BCUT2D eigenvalue weighted by molar-refractivity contribution is 5.40. The third-order valence-electron chi connectivity index (χ3n) is 3.09. The van der Waals surface area contributed by atoms with E-state index in [1.54, 1.807) is 0 Å². The van der Waals surface area contributed by atoms with Crippen LogP contribution in [-0.4, -0.2) is 6.67 Å². The zero-order chi connectivity index (χ0) is 13.1. The summed E-state index contributed by atoms with van der Waals surface area (Å²) in [4.78, 5) is 0. The van der Waals surface area contributed by atoms with E-state index in [9.17, 15) is 0 Å². The van der Waals surface area contributed by atoms with E-state index in [1.165, 1.54) is 22.3 Å². The Morgan fingerprint density at radius 1 is 1.12 bits per heavy atom. The number of nitrogens with two attached hydrogens (primary N) is 1. The highest BCUT2D eigenvalue weighted by atomic mass is 15.3. The molecule has 0 spiro atoms. The first-order chi connectivity index (χ1) is 7.86. The van der Waals surface area contributed by atoms with Crippen molar-refractivity contribution in [2.24, 2.45) is 5.84 Å². The molecule has 0 aromatic heterocycles. The van der Waals surface area contributed by atoms with Gasteiger partial charge in [-0.05, 0) is 41.5 Å². The lowest BCUT2D eigenvalue weighted by atomic mass is 9.84. The Morgan fingerprint density at radius 2 is 1.65 bits per heavy atom. The van der Waals surface area contributed by atoms with Crippen molar-refractivity contribution < 1.29 is 0 Å². The van der Waals surface area contributed by atoms with E-state index in [-0.39, 0.29) is 5.41 Å². The van der Waals surface area contributed by atoms with Crippen molar-refractivity contribution in [1.29, 1.82) is 0 Å². The molecule has 0 saturated heterocycles. The zero-order valence-electron chi connectivity index (χ0n) is 11.6. The summed E-state index contributed by atoms with van der Waals surface area (Å²) < 4.78 is 0. The molecule has 4 N–H and O–H groups in total. The molecular weight excluding hydrogens is 210 g/mol. The van der Waals surface area contributed by atoms with Gasteiger partial charge < -0.3 is 0 Å². The largest absolute Gasteiger partial charge is 0.299 e. The summed E-state index contributed by atoms with van der Waals surface area (Å²) >= 11 is 0. The monoisotopic (exact) mass is 235 g/mol. The second-order valence-electron chi connectivity index (χ2n) is 5.65. The quantitative estimate of drug-likeness (QED) is 0.324. The Labute approximate surface area is 105 Å². The van der Waals surface area contributed by atoms with Crippen LogP contribution in [-0.2, 0) is 12.0 Å². The van der Waals surface area contributed by atoms with Gasteiger partial charge in [0.2, 0.25) is 0 Å². The SMILES string of the molecule is Cc1cc(C(C)(C)C)cc(C)c1CNCNN. The minimum atomic E-state index is 0.209. The van der Waals surface area contributed by atoms with Crippen molar-refractivity contribution in [3.8, 4) is 0 Å². The maximum atomic E-state index is 5.24. The number of hydrazine groups is 1. The highest BCUT2D eigenvalue weighted by Gasteiger charge is 2.15. The maximum Gasteiger partial charge on any atom is 0.0590 e. The average Bonchev–Trinajstić information content (AvgIpc) is 2.20. The topological polar surface area (TPSA) is 50.1 Å². The second kappa shape index (κ2) is 5.63. The van der Waals surface area contributed by atoms with E-state index in [0.717, 1.165) is 6.54 Å². The molecule has 0 radical (unpaired) electrons. The summed E-state index contributed by atoms with van der Waals surface area (Å²) in [5.41, 5.74) is 8.27. The van der Waals surface area contributed by atoms with E-state index in [1.807, 2.05) is 0 Å². The molecule has 0 unspecified atom stereocenters. The van der Waals surface area contributed by atoms with Crippen molar-refractivity contribution >= 4 is 0 Å². The molecule has 96 valence electrons. The number of aryl methyl sites for hydroxylation is 2. The predicted molar refractivity (Wildman–Crippen MR) is 73.6 cm³/mol. The van der Waals surface area contributed by atoms with E-state index in [0.29, 0.717) is 6.67 Å². The van der Waals surface area contributed by atoms with Crippen molar-refractivity contribution in [3.05, 3.63) is 34.4 Å². The van der Waals surface area contributed by atoms with Gasteiger partial charge in [0, 0.05) is 6.54 Å². The van der Waals surface area contributed by atoms with E-state index in [4.69, 9.17) is 5.84 Å². The first-order valence-corrected chi connectivity index (χ1v) is 6.11. The number of nitrogens with one attached hydrogen (secondary N) is 2. The van der Waals surface area contributed by atoms with Gasteiger partial charge in [-0.3, -0.25) is 11.2 Å². The minimum absolute atomic E-state index is 0.209. The number of hydrogen-bond acceptors (Lipinski definition) is 3. The Bertz CT molecular complexity index is 355. The molecule has 1 rings (SSSR count). The lowest BCUT2D eigenvalue weighted by Crippen LogP contribution is -2.33. The average molecular weight is 235 g/mol.